The van der Waals surface area contributed by atoms with Crippen molar-refractivity contribution in [1.82, 2.24) is 5.32 Å². The van der Waals surface area contributed by atoms with Crippen molar-refractivity contribution < 1.29 is 5.11 Å². The molecule has 0 radical (unpaired) electrons. The van der Waals surface area contributed by atoms with Crippen molar-refractivity contribution in [2.45, 2.75) is 38.0 Å². The number of aliphatic hydroxyl groups is 1. The Kier molecular flexibility index (Phi) is 1.91. The zero-order valence-electron chi connectivity index (χ0n) is 9.03. The highest BCUT2D eigenvalue weighted by Gasteiger charge is 2.48. The summed E-state index contributed by atoms with van der Waals surface area (Å²) in [5, 5.41) is 13.9. The van der Waals surface area contributed by atoms with Gasteiger partial charge in [-0.05, 0) is 29.9 Å². The molecule has 1 aliphatic carbocycles. The molecule has 1 atom stereocenters. The van der Waals surface area contributed by atoms with Crippen LogP contribution in [0.1, 0.15) is 36.9 Å². The molecule has 0 saturated heterocycles. The van der Waals surface area contributed by atoms with Crippen molar-refractivity contribution in [2.75, 3.05) is 0 Å². The molecule has 2 nitrogen and oxygen atoms in total. The molecule has 3 rings (SSSR count). The van der Waals surface area contributed by atoms with Crippen molar-refractivity contribution in [3.8, 4) is 0 Å². The zero-order chi connectivity index (χ0) is 10.5. The van der Waals surface area contributed by atoms with Crippen molar-refractivity contribution in [1.29, 1.82) is 0 Å². The van der Waals surface area contributed by atoms with E-state index in [1.807, 2.05) is 0 Å². The van der Waals surface area contributed by atoms with E-state index < -0.39 is 5.60 Å². The van der Waals surface area contributed by atoms with Gasteiger partial charge in [-0.2, -0.15) is 0 Å². The molecule has 1 aliphatic heterocycles. The number of rotatable bonds is 1. The van der Waals surface area contributed by atoms with Crippen molar-refractivity contribution in [3.63, 3.8) is 0 Å². The van der Waals surface area contributed by atoms with E-state index in [9.17, 15) is 5.11 Å². The topological polar surface area (TPSA) is 32.3 Å². The predicted molar refractivity (Wildman–Crippen MR) is 59.4 cm³/mol. The summed E-state index contributed by atoms with van der Waals surface area (Å²) < 4.78 is 0. The number of hydrogen-bond donors (Lipinski definition) is 2. The molecule has 0 aromatic heterocycles. The first kappa shape index (κ1) is 9.37. The third kappa shape index (κ3) is 1.32. The molecule has 2 N–H and O–H groups in total. The SMILES string of the molecule is CC1CC(O)(C2NCc3ccccc32)C1. The average Bonchev–Trinajstić information content (AvgIpc) is 2.59. The fourth-order valence-electron chi connectivity index (χ4n) is 3.16. The van der Waals surface area contributed by atoms with Gasteiger partial charge in [0.1, 0.15) is 0 Å². The molecule has 1 unspecified atom stereocenters. The summed E-state index contributed by atoms with van der Waals surface area (Å²) in [5.41, 5.74) is 2.15. The largest absolute Gasteiger partial charge is 0.388 e. The molecular formula is C13H17NO. The average molecular weight is 203 g/mol. The second-order valence-corrected chi connectivity index (χ2v) is 5.13. The molecule has 1 saturated carbocycles. The minimum atomic E-state index is -0.494. The van der Waals surface area contributed by atoms with Gasteiger partial charge in [0.25, 0.3) is 0 Å². The molecule has 0 bridgehead atoms. The van der Waals surface area contributed by atoms with Crippen LogP contribution >= 0.6 is 0 Å². The first-order chi connectivity index (χ1) is 7.19. The van der Waals surface area contributed by atoms with Gasteiger partial charge in [0.15, 0.2) is 0 Å². The lowest BCUT2D eigenvalue weighted by Crippen LogP contribution is -2.50. The third-order valence-electron chi connectivity index (χ3n) is 3.80. The summed E-state index contributed by atoms with van der Waals surface area (Å²) in [6.45, 7) is 3.10. The Morgan fingerprint density at radius 2 is 2.07 bits per heavy atom. The van der Waals surface area contributed by atoms with Gasteiger partial charge in [0.2, 0.25) is 0 Å². The lowest BCUT2D eigenvalue weighted by molar-refractivity contribution is -0.0946. The fourth-order valence-corrected chi connectivity index (χ4v) is 3.16. The number of hydrogen-bond acceptors (Lipinski definition) is 2. The summed E-state index contributed by atoms with van der Waals surface area (Å²) in [7, 11) is 0. The van der Waals surface area contributed by atoms with E-state index in [2.05, 4.69) is 36.5 Å². The van der Waals surface area contributed by atoms with E-state index in [0.717, 1.165) is 19.4 Å². The molecule has 2 heteroatoms. The second-order valence-electron chi connectivity index (χ2n) is 5.13. The quantitative estimate of drug-likeness (QED) is 0.731. The first-order valence-electron chi connectivity index (χ1n) is 5.73. The Hall–Kier alpha value is -0.860. The maximum absolute atomic E-state index is 10.5. The molecule has 0 spiro atoms. The highest BCUT2D eigenvalue weighted by atomic mass is 16.3. The molecule has 15 heavy (non-hydrogen) atoms. The summed E-state index contributed by atoms with van der Waals surface area (Å²) >= 11 is 0. The Bertz CT molecular complexity index is 382. The number of fused-ring (bicyclic) bond motifs is 1. The second kappa shape index (κ2) is 3.06. The van der Waals surface area contributed by atoms with Crippen LogP contribution in [0.2, 0.25) is 0 Å². The molecule has 2 aliphatic rings. The minimum Gasteiger partial charge on any atom is -0.388 e. The van der Waals surface area contributed by atoms with Crippen LogP contribution < -0.4 is 5.32 Å². The Morgan fingerprint density at radius 3 is 2.80 bits per heavy atom. The Balaban J connectivity index is 1.91. The highest BCUT2D eigenvalue weighted by Crippen LogP contribution is 2.48. The van der Waals surface area contributed by atoms with Crippen molar-refractivity contribution in [3.05, 3.63) is 35.4 Å². The van der Waals surface area contributed by atoms with E-state index in [-0.39, 0.29) is 6.04 Å². The minimum absolute atomic E-state index is 0.157. The van der Waals surface area contributed by atoms with Crippen LogP contribution in [0.15, 0.2) is 24.3 Å². The van der Waals surface area contributed by atoms with Crippen LogP contribution in [0.25, 0.3) is 0 Å². The van der Waals surface area contributed by atoms with E-state index in [1.165, 1.54) is 11.1 Å². The van der Waals surface area contributed by atoms with Crippen LogP contribution in [-0.2, 0) is 6.54 Å². The van der Waals surface area contributed by atoms with Gasteiger partial charge < -0.3 is 10.4 Å². The van der Waals surface area contributed by atoms with Crippen molar-refractivity contribution in [2.24, 2.45) is 5.92 Å². The van der Waals surface area contributed by atoms with E-state index in [1.54, 1.807) is 0 Å². The van der Waals surface area contributed by atoms with Gasteiger partial charge in [-0.3, -0.25) is 0 Å². The molecule has 1 fully saturated rings. The summed E-state index contributed by atoms with van der Waals surface area (Å²) in [5.74, 6) is 0.671. The highest BCUT2D eigenvalue weighted by molar-refractivity contribution is 5.36. The summed E-state index contributed by atoms with van der Waals surface area (Å²) in [4.78, 5) is 0. The Morgan fingerprint density at radius 1 is 1.33 bits per heavy atom. The van der Waals surface area contributed by atoms with Crippen LogP contribution in [-0.4, -0.2) is 10.7 Å². The van der Waals surface area contributed by atoms with Gasteiger partial charge in [-0.1, -0.05) is 31.2 Å². The van der Waals surface area contributed by atoms with E-state index in [0.29, 0.717) is 5.92 Å². The lowest BCUT2D eigenvalue weighted by atomic mass is 9.67. The maximum atomic E-state index is 10.5. The van der Waals surface area contributed by atoms with Crippen LogP contribution in [0.3, 0.4) is 0 Å². The summed E-state index contributed by atoms with van der Waals surface area (Å²) in [6, 6.07) is 8.57. The van der Waals surface area contributed by atoms with Crippen LogP contribution in [0, 0.1) is 5.92 Å². The molecular weight excluding hydrogens is 186 g/mol. The third-order valence-corrected chi connectivity index (χ3v) is 3.80. The fraction of sp³-hybridized carbons (Fsp3) is 0.538. The Labute approximate surface area is 90.3 Å². The van der Waals surface area contributed by atoms with Crippen LogP contribution in [0.4, 0.5) is 0 Å². The predicted octanol–water partition coefficient (Wildman–Crippen LogP) is 1.99. The summed E-state index contributed by atoms with van der Waals surface area (Å²) in [6.07, 6.45) is 1.86. The van der Waals surface area contributed by atoms with E-state index in [4.69, 9.17) is 0 Å². The van der Waals surface area contributed by atoms with Crippen molar-refractivity contribution >= 4 is 0 Å². The van der Waals surface area contributed by atoms with Gasteiger partial charge in [-0.25, -0.2) is 0 Å². The normalized spacial score (nSPS) is 38.5. The smallest absolute Gasteiger partial charge is 0.0846 e. The number of benzene rings is 1. The first-order valence-corrected chi connectivity index (χ1v) is 5.73. The monoisotopic (exact) mass is 203 g/mol. The lowest BCUT2D eigenvalue weighted by Gasteiger charge is -2.46. The van der Waals surface area contributed by atoms with E-state index >= 15 is 0 Å². The molecule has 80 valence electrons. The van der Waals surface area contributed by atoms with Gasteiger partial charge in [-0.15, -0.1) is 0 Å². The molecule has 1 aromatic carbocycles. The van der Waals surface area contributed by atoms with Gasteiger partial charge >= 0.3 is 0 Å². The van der Waals surface area contributed by atoms with Crippen LogP contribution in [0.5, 0.6) is 0 Å². The molecule has 1 heterocycles. The van der Waals surface area contributed by atoms with Gasteiger partial charge in [0, 0.05) is 6.54 Å². The number of nitrogens with one attached hydrogen (secondary N) is 1. The maximum Gasteiger partial charge on any atom is 0.0846 e. The zero-order valence-corrected chi connectivity index (χ0v) is 9.03. The molecule has 1 aromatic rings. The van der Waals surface area contributed by atoms with Gasteiger partial charge in [0.05, 0.1) is 11.6 Å². The standard InChI is InChI=1S/C13H17NO/c1-9-6-13(15,7-9)12-11-5-3-2-4-10(11)8-14-12/h2-5,9,12,14-15H,6-8H2,1H3. The molecule has 0 amide bonds.